The van der Waals surface area contributed by atoms with Crippen LogP contribution >= 0.6 is 11.5 Å². The van der Waals surface area contributed by atoms with Gasteiger partial charge in [0.1, 0.15) is 5.82 Å². The van der Waals surface area contributed by atoms with Crippen LogP contribution in [0.2, 0.25) is 0 Å². The third-order valence-corrected chi connectivity index (χ3v) is 2.11. The summed E-state index contributed by atoms with van der Waals surface area (Å²) >= 11 is 1.41. The zero-order valence-corrected chi connectivity index (χ0v) is 8.19. The Kier molecular flexibility index (Phi) is 3.73. The number of aryl methyl sites for hydroxylation is 1. The molecule has 66 valence electrons. The van der Waals surface area contributed by atoms with Crippen molar-refractivity contribution in [3.8, 4) is 0 Å². The molecule has 0 unspecified atom stereocenters. The molecule has 4 heteroatoms. The van der Waals surface area contributed by atoms with E-state index in [1.54, 1.807) is 0 Å². The van der Waals surface area contributed by atoms with Crippen molar-refractivity contribution in [2.24, 2.45) is 0 Å². The molecule has 1 heterocycles. The van der Waals surface area contributed by atoms with Crippen molar-refractivity contribution >= 4 is 16.7 Å². The molecule has 1 aromatic rings. The number of nitrogens with zero attached hydrogens (tertiary/aromatic N) is 2. The van der Waals surface area contributed by atoms with Gasteiger partial charge >= 0.3 is 0 Å². The first-order valence-electron chi connectivity index (χ1n) is 3.98. The Morgan fingerprint density at radius 1 is 1.58 bits per heavy atom. The lowest BCUT2D eigenvalue weighted by molar-refractivity contribution is 1.05. The van der Waals surface area contributed by atoms with Gasteiger partial charge in [-0.2, -0.15) is 4.37 Å². The van der Waals surface area contributed by atoms with E-state index < -0.39 is 0 Å². The molecule has 0 radical (unpaired) electrons. The summed E-state index contributed by atoms with van der Waals surface area (Å²) in [6, 6.07) is 0. The number of hydrogen-bond acceptors (Lipinski definition) is 4. The number of anilines is 1. The van der Waals surface area contributed by atoms with Crippen LogP contribution in [-0.4, -0.2) is 15.9 Å². The molecular formula is C8H13N3S. The third kappa shape index (κ3) is 3.00. The molecule has 12 heavy (non-hydrogen) atoms. The average Bonchev–Trinajstić information content (AvgIpc) is 2.45. The van der Waals surface area contributed by atoms with Crippen LogP contribution in [0.15, 0.2) is 12.2 Å². The summed E-state index contributed by atoms with van der Waals surface area (Å²) in [6.45, 7) is 4.85. The number of aromatic nitrogens is 2. The fourth-order valence-corrected chi connectivity index (χ4v) is 1.40. The molecule has 0 fully saturated rings. The zero-order chi connectivity index (χ0) is 8.81. The molecule has 0 bridgehead atoms. The van der Waals surface area contributed by atoms with Gasteiger partial charge in [0.2, 0.25) is 5.13 Å². The maximum Gasteiger partial charge on any atom is 0.202 e. The lowest BCUT2D eigenvalue weighted by atomic mass is 10.4. The van der Waals surface area contributed by atoms with E-state index in [0.717, 1.165) is 23.9 Å². The van der Waals surface area contributed by atoms with Crippen LogP contribution in [-0.2, 0) is 0 Å². The molecule has 0 amide bonds. The number of nitrogens with one attached hydrogen (secondary N) is 1. The van der Waals surface area contributed by atoms with E-state index in [0.29, 0.717) is 0 Å². The van der Waals surface area contributed by atoms with Crippen molar-refractivity contribution in [2.75, 3.05) is 11.9 Å². The summed E-state index contributed by atoms with van der Waals surface area (Å²) in [4.78, 5) is 4.18. The Morgan fingerprint density at radius 2 is 2.42 bits per heavy atom. The van der Waals surface area contributed by atoms with E-state index >= 15 is 0 Å². The molecule has 0 spiro atoms. The van der Waals surface area contributed by atoms with Crippen LogP contribution in [0, 0.1) is 6.92 Å². The number of rotatable bonds is 4. The van der Waals surface area contributed by atoms with E-state index in [1.807, 2.05) is 19.9 Å². The smallest absolute Gasteiger partial charge is 0.202 e. The Hall–Kier alpha value is -0.900. The highest BCUT2D eigenvalue weighted by atomic mass is 32.1. The number of allylic oxidation sites excluding steroid dienone is 1. The second-order valence-corrected chi connectivity index (χ2v) is 3.18. The lowest BCUT2D eigenvalue weighted by Gasteiger charge is -1.96. The Bertz CT molecular complexity index is 255. The van der Waals surface area contributed by atoms with Gasteiger partial charge < -0.3 is 5.32 Å². The van der Waals surface area contributed by atoms with Gasteiger partial charge in [-0.15, -0.1) is 0 Å². The van der Waals surface area contributed by atoms with Gasteiger partial charge in [-0.3, -0.25) is 0 Å². The summed E-state index contributed by atoms with van der Waals surface area (Å²) in [5.74, 6) is 0.841. The summed E-state index contributed by atoms with van der Waals surface area (Å²) in [6.07, 6.45) is 5.21. The maximum atomic E-state index is 4.18. The fourth-order valence-electron chi connectivity index (χ4n) is 0.798. The highest BCUT2D eigenvalue weighted by Crippen LogP contribution is 2.09. The molecule has 0 aliphatic heterocycles. The topological polar surface area (TPSA) is 37.8 Å². The van der Waals surface area contributed by atoms with Gasteiger partial charge in [-0.25, -0.2) is 4.98 Å². The highest BCUT2D eigenvalue weighted by molar-refractivity contribution is 7.09. The van der Waals surface area contributed by atoms with E-state index in [9.17, 15) is 0 Å². The van der Waals surface area contributed by atoms with Crippen LogP contribution in [0.1, 0.15) is 19.2 Å². The minimum Gasteiger partial charge on any atom is -0.360 e. The van der Waals surface area contributed by atoms with E-state index in [4.69, 9.17) is 0 Å². The molecular weight excluding hydrogens is 170 g/mol. The van der Waals surface area contributed by atoms with Gasteiger partial charge in [0.05, 0.1) is 0 Å². The van der Waals surface area contributed by atoms with Gasteiger partial charge in [-0.1, -0.05) is 12.2 Å². The predicted octanol–water partition coefficient (Wildman–Crippen LogP) is 2.22. The Balaban J connectivity index is 2.24. The Labute approximate surface area is 76.7 Å². The minimum atomic E-state index is 0.841. The van der Waals surface area contributed by atoms with E-state index in [1.165, 1.54) is 11.5 Å². The quantitative estimate of drug-likeness (QED) is 0.574. The largest absolute Gasteiger partial charge is 0.360 e. The maximum absolute atomic E-state index is 4.18. The lowest BCUT2D eigenvalue weighted by Crippen LogP contribution is -1.99. The van der Waals surface area contributed by atoms with Crippen LogP contribution in [0.3, 0.4) is 0 Å². The monoisotopic (exact) mass is 183 g/mol. The van der Waals surface area contributed by atoms with E-state index in [2.05, 4.69) is 20.8 Å². The first-order chi connectivity index (χ1) is 5.83. The van der Waals surface area contributed by atoms with Crippen molar-refractivity contribution in [3.05, 3.63) is 18.0 Å². The second kappa shape index (κ2) is 4.87. The zero-order valence-electron chi connectivity index (χ0n) is 7.37. The molecule has 0 atom stereocenters. The van der Waals surface area contributed by atoms with Crippen molar-refractivity contribution in [2.45, 2.75) is 20.3 Å². The summed E-state index contributed by atoms with van der Waals surface area (Å²) in [5, 5.41) is 4.11. The molecule has 0 aromatic carbocycles. The summed E-state index contributed by atoms with van der Waals surface area (Å²) in [5.41, 5.74) is 0. The Morgan fingerprint density at radius 3 is 3.00 bits per heavy atom. The second-order valence-electron chi connectivity index (χ2n) is 2.43. The van der Waals surface area contributed by atoms with Crippen molar-refractivity contribution in [3.63, 3.8) is 0 Å². The van der Waals surface area contributed by atoms with Crippen LogP contribution < -0.4 is 5.32 Å². The van der Waals surface area contributed by atoms with Crippen LogP contribution in [0.5, 0.6) is 0 Å². The van der Waals surface area contributed by atoms with Crippen LogP contribution in [0.4, 0.5) is 5.13 Å². The van der Waals surface area contributed by atoms with E-state index in [-0.39, 0.29) is 0 Å². The van der Waals surface area contributed by atoms with Crippen LogP contribution in [0.25, 0.3) is 0 Å². The van der Waals surface area contributed by atoms with Gasteiger partial charge in [0, 0.05) is 18.1 Å². The highest BCUT2D eigenvalue weighted by Gasteiger charge is 1.96. The number of hydrogen-bond donors (Lipinski definition) is 1. The van der Waals surface area contributed by atoms with Gasteiger partial charge in [0.25, 0.3) is 0 Å². The standard InChI is InChI=1S/C8H13N3S/c1-3-4-5-6-9-8-10-7(2)11-12-8/h3-4H,5-6H2,1-2H3,(H,9,10,11)/b4-3+. The summed E-state index contributed by atoms with van der Waals surface area (Å²) < 4.78 is 4.07. The predicted molar refractivity (Wildman–Crippen MR) is 52.6 cm³/mol. The molecule has 0 saturated carbocycles. The summed E-state index contributed by atoms with van der Waals surface area (Å²) in [7, 11) is 0. The van der Waals surface area contributed by atoms with Crippen molar-refractivity contribution in [1.29, 1.82) is 0 Å². The SMILES string of the molecule is C/C=C/CCNc1nc(C)ns1. The normalized spacial score (nSPS) is 10.8. The molecule has 1 N–H and O–H groups in total. The van der Waals surface area contributed by atoms with Gasteiger partial charge in [0.15, 0.2) is 0 Å². The molecule has 1 rings (SSSR count). The minimum absolute atomic E-state index is 0.841. The van der Waals surface area contributed by atoms with Gasteiger partial charge in [-0.05, 0) is 20.3 Å². The average molecular weight is 183 g/mol. The van der Waals surface area contributed by atoms with Crippen molar-refractivity contribution < 1.29 is 0 Å². The third-order valence-electron chi connectivity index (χ3n) is 1.35. The molecule has 1 aromatic heterocycles. The molecule has 0 aliphatic rings. The first-order valence-corrected chi connectivity index (χ1v) is 4.75. The molecule has 0 saturated heterocycles. The molecule has 3 nitrogen and oxygen atoms in total. The molecule has 0 aliphatic carbocycles. The van der Waals surface area contributed by atoms with Crippen molar-refractivity contribution in [1.82, 2.24) is 9.36 Å². The first kappa shape index (κ1) is 9.19. The fraction of sp³-hybridized carbons (Fsp3) is 0.500.